The van der Waals surface area contributed by atoms with Gasteiger partial charge >= 0.3 is 5.63 Å². The van der Waals surface area contributed by atoms with Crippen LogP contribution in [0.3, 0.4) is 0 Å². The van der Waals surface area contributed by atoms with Crippen molar-refractivity contribution in [3.63, 3.8) is 0 Å². The summed E-state index contributed by atoms with van der Waals surface area (Å²) >= 11 is 0. The van der Waals surface area contributed by atoms with Crippen molar-refractivity contribution in [1.82, 2.24) is 4.57 Å². The molecule has 0 N–H and O–H groups in total. The van der Waals surface area contributed by atoms with Crippen molar-refractivity contribution < 1.29 is 4.42 Å². The molecule has 0 radical (unpaired) electrons. The molecule has 0 bridgehead atoms. The minimum Gasteiger partial charge on any atom is -0.422 e. The topological polar surface area (TPSA) is 59.9 Å². The summed E-state index contributed by atoms with van der Waals surface area (Å²) in [6.07, 6.45) is 3.71. The molecule has 6 rings (SSSR count). The standard InChI is InChI=1S/C31H23N3O2/c1-3-26(20-12-6-5-7-13-20)33-31(32-4-2)34-27-16-10-8-14-21(27)24-18-23-22-15-9-11-17-29(22)36-30(35)25(23)19-28(24)34/h3-19H,1-2H3/b26-3-,32-4?,33-31?. The molecule has 4 aromatic carbocycles. The molecule has 5 heteroatoms. The number of allylic oxidation sites excluding steroid dienone is 1. The lowest BCUT2D eigenvalue weighted by Gasteiger charge is -2.10. The van der Waals surface area contributed by atoms with Crippen molar-refractivity contribution in [2.75, 3.05) is 0 Å². The van der Waals surface area contributed by atoms with E-state index in [2.05, 4.69) is 23.2 Å². The third kappa shape index (κ3) is 3.45. The highest BCUT2D eigenvalue weighted by molar-refractivity contribution is 6.20. The summed E-state index contributed by atoms with van der Waals surface area (Å²) in [7, 11) is 0. The Bertz CT molecular complexity index is 1920. The minimum atomic E-state index is -0.363. The Labute approximate surface area is 207 Å². The van der Waals surface area contributed by atoms with Gasteiger partial charge < -0.3 is 4.42 Å². The van der Waals surface area contributed by atoms with E-state index in [0.717, 1.165) is 43.8 Å². The lowest BCUT2D eigenvalue weighted by atomic mass is 10.0. The third-order valence-corrected chi connectivity index (χ3v) is 6.42. The molecule has 0 aliphatic carbocycles. The van der Waals surface area contributed by atoms with Crippen LogP contribution in [0, 0.1) is 0 Å². The van der Waals surface area contributed by atoms with Gasteiger partial charge in [0.25, 0.3) is 0 Å². The van der Waals surface area contributed by atoms with E-state index in [9.17, 15) is 4.79 Å². The van der Waals surface area contributed by atoms with Gasteiger partial charge in [0.15, 0.2) is 0 Å². The molecule has 0 unspecified atom stereocenters. The lowest BCUT2D eigenvalue weighted by Crippen LogP contribution is -2.10. The molecule has 0 fully saturated rings. The fourth-order valence-electron chi connectivity index (χ4n) is 4.82. The third-order valence-electron chi connectivity index (χ3n) is 6.42. The summed E-state index contributed by atoms with van der Waals surface area (Å²) < 4.78 is 7.67. The first kappa shape index (κ1) is 21.7. The van der Waals surface area contributed by atoms with Gasteiger partial charge in [-0.1, -0.05) is 72.8 Å². The van der Waals surface area contributed by atoms with Gasteiger partial charge in [-0.25, -0.2) is 14.8 Å². The largest absolute Gasteiger partial charge is 0.422 e. The maximum atomic E-state index is 13.0. The highest BCUT2D eigenvalue weighted by atomic mass is 16.4. The van der Waals surface area contributed by atoms with Crippen molar-refractivity contribution in [3.05, 3.63) is 113 Å². The van der Waals surface area contributed by atoms with Crippen molar-refractivity contribution >= 4 is 61.4 Å². The molecule has 0 saturated carbocycles. The zero-order valence-electron chi connectivity index (χ0n) is 20.0. The number of nitrogens with zero attached hydrogens (tertiary/aromatic N) is 3. The van der Waals surface area contributed by atoms with Crippen molar-refractivity contribution in [2.24, 2.45) is 9.98 Å². The number of aliphatic imine (C=N–C) groups is 2. The van der Waals surface area contributed by atoms with Crippen LogP contribution >= 0.6 is 0 Å². The number of benzene rings is 4. The first-order valence-corrected chi connectivity index (χ1v) is 11.9. The fourth-order valence-corrected chi connectivity index (χ4v) is 4.82. The highest BCUT2D eigenvalue weighted by Gasteiger charge is 2.18. The molecular weight excluding hydrogens is 446 g/mol. The van der Waals surface area contributed by atoms with Gasteiger partial charge in [-0.15, -0.1) is 0 Å². The summed E-state index contributed by atoms with van der Waals surface area (Å²) in [4.78, 5) is 22.7. The highest BCUT2D eigenvalue weighted by Crippen LogP contribution is 2.34. The van der Waals surface area contributed by atoms with E-state index < -0.39 is 0 Å². The summed E-state index contributed by atoms with van der Waals surface area (Å²) in [6.45, 7) is 3.84. The zero-order valence-corrected chi connectivity index (χ0v) is 20.0. The summed E-state index contributed by atoms with van der Waals surface area (Å²) in [6, 6.07) is 29.8. The first-order chi connectivity index (χ1) is 17.7. The van der Waals surface area contributed by atoms with Crippen molar-refractivity contribution in [2.45, 2.75) is 13.8 Å². The molecule has 2 heterocycles. The predicted molar refractivity (Wildman–Crippen MR) is 150 cm³/mol. The Morgan fingerprint density at radius 2 is 1.47 bits per heavy atom. The number of rotatable bonds is 2. The number of hydrogen-bond acceptors (Lipinski definition) is 3. The normalized spacial score (nSPS) is 13.1. The summed E-state index contributed by atoms with van der Waals surface area (Å²) in [5.74, 6) is 0.519. The van der Waals surface area contributed by atoms with Crippen LogP contribution in [0.25, 0.3) is 49.2 Å². The van der Waals surface area contributed by atoms with Gasteiger partial charge in [-0.05, 0) is 43.7 Å². The molecule has 6 aromatic rings. The molecule has 36 heavy (non-hydrogen) atoms. The Morgan fingerprint density at radius 1 is 0.750 bits per heavy atom. The minimum absolute atomic E-state index is 0.363. The molecule has 0 aliphatic rings. The Morgan fingerprint density at radius 3 is 2.25 bits per heavy atom. The van der Waals surface area contributed by atoms with E-state index in [1.165, 1.54) is 0 Å². The zero-order chi connectivity index (χ0) is 24.6. The maximum absolute atomic E-state index is 13.0. The second kappa shape index (κ2) is 8.78. The molecule has 2 aromatic heterocycles. The first-order valence-electron chi connectivity index (χ1n) is 11.9. The van der Waals surface area contributed by atoms with E-state index >= 15 is 0 Å². The number of para-hydroxylation sites is 2. The lowest BCUT2D eigenvalue weighted by molar-refractivity contribution is 0.570. The Balaban J connectivity index is 1.73. The molecule has 0 aliphatic heterocycles. The van der Waals surface area contributed by atoms with Crippen LogP contribution in [0.5, 0.6) is 0 Å². The number of fused-ring (bicyclic) bond motifs is 6. The molecule has 0 amide bonds. The maximum Gasteiger partial charge on any atom is 0.344 e. The molecule has 5 nitrogen and oxygen atoms in total. The quantitative estimate of drug-likeness (QED) is 0.115. The molecule has 0 spiro atoms. The smallest absolute Gasteiger partial charge is 0.344 e. The van der Waals surface area contributed by atoms with Crippen LogP contribution < -0.4 is 5.63 Å². The average molecular weight is 470 g/mol. The van der Waals surface area contributed by atoms with Gasteiger partial charge in [0.2, 0.25) is 5.96 Å². The van der Waals surface area contributed by atoms with Crippen LogP contribution in [0.4, 0.5) is 0 Å². The van der Waals surface area contributed by atoms with Crippen LogP contribution in [0.15, 0.2) is 116 Å². The SMILES string of the molecule is CC=NC(=N/C(=C\C)c1ccccc1)n1c2ccccc2c2cc3c(cc21)c(=O)oc1ccccc13. The van der Waals surface area contributed by atoms with Crippen LogP contribution in [0.1, 0.15) is 19.4 Å². The fraction of sp³-hybridized carbons (Fsp3) is 0.0645. The number of hydrogen-bond donors (Lipinski definition) is 0. The second-order valence-corrected chi connectivity index (χ2v) is 8.49. The van der Waals surface area contributed by atoms with Crippen LogP contribution in [0.2, 0.25) is 0 Å². The van der Waals surface area contributed by atoms with Crippen molar-refractivity contribution in [1.29, 1.82) is 0 Å². The van der Waals surface area contributed by atoms with E-state index in [1.807, 2.05) is 97.3 Å². The molecule has 0 atom stereocenters. The van der Waals surface area contributed by atoms with Gasteiger partial charge in [0.05, 0.1) is 22.1 Å². The van der Waals surface area contributed by atoms with Gasteiger partial charge in [-0.2, -0.15) is 0 Å². The van der Waals surface area contributed by atoms with E-state index in [-0.39, 0.29) is 5.63 Å². The van der Waals surface area contributed by atoms with Gasteiger partial charge in [0, 0.05) is 27.8 Å². The second-order valence-electron chi connectivity index (χ2n) is 8.49. The molecule has 0 saturated heterocycles. The van der Waals surface area contributed by atoms with Crippen LogP contribution in [-0.2, 0) is 0 Å². The van der Waals surface area contributed by atoms with Crippen molar-refractivity contribution in [3.8, 4) is 0 Å². The van der Waals surface area contributed by atoms with E-state index in [1.54, 1.807) is 6.21 Å². The Hall–Kier alpha value is -4.77. The van der Waals surface area contributed by atoms with Gasteiger partial charge in [-0.3, -0.25) is 4.57 Å². The molecular formula is C31H23N3O2. The summed E-state index contributed by atoms with van der Waals surface area (Å²) in [5.41, 5.74) is 3.84. The van der Waals surface area contributed by atoms with E-state index in [0.29, 0.717) is 16.9 Å². The monoisotopic (exact) mass is 469 g/mol. The number of aromatic nitrogens is 1. The summed E-state index contributed by atoms with van der Waals surface area (Å²) in [5, 5.41) is 4.39. The predicted octanol–water partition coefficient (Wildman–Crippen LogP) is 7.41. The Kier molecular flexibility index (Phi) is 5.30. The van der Waals surface area contributed by atoms with Crippen LogP contribution in [-0.4, -0.2) is 16.7 Å². The average Bonchev–Trinajstić information content (AvgIpc) is 3.24. The molecule has 174 valence electrons. The van der Waals surface area contributed by atoms with Gasteiger partial charge in [0.1, 0.15) is 5.58 Å². The van der Waals surface area contributed by atoms with E-state index in [4.69, 9.17) is 9.41 Å².